The second-order valence-corrected chi connectivity index (χ2v) is 8.04. The zero-order chi connectivity index (χ0) is 22.7. The largest absolute Gasteiger partial charge is 0.457 e. The van der Waals surface area contributed by atoms with Crippen LogP contribution < -0.4 is 4.74 Å². The van der Waals surface area contributed by atoms with E-state index in [-0.39, 0.29) is 23.3 Å². The summed E-state index contributed by atoms with van der Waals surface area (Å²) in [5, 5.41) is 4.57. The molecular formula is C23H22ClFN4O3. The molecule has 0 spiro atoms. The lowest BCUT2D eigenvalue weighted by molar-refractivity contribution is 0.101. The molecule has 0 unspecified atom stereocenters. The summed E-state index contributed by atoms with van der Waals surface area (Å²) in [7, 11) is 0. The maximum atomic E-state index is 14.2. The van der Waals surface area contributed by atoms with Crippen molar-refractivity contribution in [3.05, 3.63) is 76.8 Å². The molecule has 32 heavy (non-hydrogen) atoms. The lowest BCUT2D eigenvalue weighted by atomic mass is 10.1. The van der Waals surface area contributed by atoms with Crippen molar-refractivity contribution in [2.24, 2.45) is 0 Å². The molecule has 1 aromatic heterocycles. The fourth-order valence-electron chi connectivity index (χ4n) is 3.56. The summed E-state index contributed by atoms with van der Waals surface area (Å²) >= 11 is 5.98. The fraction of sp³-hybridized carbons (Fsp3) is 0.261. The van der Waals surface area contributed by atoms with Crippen LogP contribution >= 0.6 is 11.6 Å². The highest BCUT2D eigenvalue weighted by molar-refractivity contribution is 6.30. The highest BCUT2D eigenvalue weighted by Gasteiger charge is 2.23. The zero-order valence-electron chi connectivity index (χ0n) is 17.5. The highest BCUT2D eigenvalue weighted by Crippen LogP contribution is 2.26. The standard InChI is InChI=1S/C23H22ClFN4O3/c1-16(30)22-5-6-29(26-22)23(31)28-9-7-27(8-10-28)15-17-11-19(25)14-21(12-17)32-20-4-2-3-18(24)13-20/h2-6,11-14H,7-10,15H2,1H3. The number of amides is 1. The Bertz CT molecular complexity index is 1140. The van der Waals surface area contributed by atoms with E-state index in [0.717, 1.165) is 5.56 Å². The van der Waals surface area contributed by atoms with Crippen LogP contribution in [-0.2, 0) is 6.54 Å². The number of aromatic nitrogens is 2. The number of hydrogen-bond donors (Lipinski definition) is 0. The molecule has 1 aliphatic rings. The molecule has 1 saturated heterocycles. The van der Waals surface area contributed by atoms with Crippen molar-refractivity contribution in [2.45, 2.75) is 13.5 Å². The number of rotatable bonds is 5. The summed E-state index contributed by atoms with van der Waals surface area (Å²) in [4.78, 5) is 27.8. The fourth-order valence-corrected chi connectivity index (χ4v) is 3.74. The van der Waals surface area contributed by atoms with Gasteiger partial charge in [-0.2, -0.15) is 9.78 Å². The van der Waals surface area contributed by atoms with Gasteiger partial charge in [0, 0.05) is 56.9 Å². The molecule has 2 aromatic carbocycles. The van der Waals surface area contributed by atoms with Crippen molar-refractivity contribution in [1.29, 1.82) is 0 Å². The Hall–Kier alpha value is -3.23. The van der Waals surface area contributed by atoms with Crippen LogP contribution in [0.25, 0.3) is 0 Å². The van der Waals surface area contributed by atoms with E-state index >= 15 is 0 Å². The van der Waals surface area contributed by atoms with Gasteiger partial charge in [-0.3, -0.25) is 9.69 Å². The first-order valence-corrected chi connectivity index (χ1v) is 10.6. The van der Waals surface area contributed by atoms with Gasteiger partial charge in [0.1, 0.15) is 23.0 Å². The van der Waals surface area contributed by atoms with Gasteiger partial charge in [0.25, 0.3) is 0 Å². The molecule has 1 amide bonds. The Morgan fingerprint density at radius 1 is 1.06 bits per heavy atom. The van der Waals surface area contributed by atoms with Crippen LogP contribution in [0.4, 0.5) is 9.18 Å². The van der Waals surface area contributed by atoms with Gasteiger partial charge in [0.2, 0.25) is 0 Å². The quantitative estimate of drug-likeness (QED) is 0.530. The monoisotopic (exact) mass is 456 g/mol. The number of hydrogen-bond acceptors (Lipinski definition) is 5. The minimum absolute atomic E-state index is 0.185. The van der Waals surface area contributed by atoms with E-state index in [1.165, 1.54) is 36.0 Å². The van der Waals surface area contributed by atoms with Crippen LogP contribution in [0.3, 0.4) is 0 Å². The topological polar surface area (TPSA) is 67.7 Å². The van der Waals surface area contributed by atoms with Gasteiger partial charge in [-0.25, -0.2) is 9.18 Å². The summed E-state index contributed by atoms with van der Waals surface area (Å²) < 4.78 is 21.1. The highest BCUT2D eigenvalue weighted by atomic mass is 35.5. The Balaban J connectivity index is 1.36. The number of benzene rings is 2. The van der Waals surface area contributed by atoms with E-state index in [1.54, 1.807) is 35.2 Å². The van der Waals surface area contributed by atoms with Gasteiger partial charge in [-0.15, -0.1) is 0 Å². The SMILES string of the molecule is CC(=O)c1ccn(C(=O)N2CCN(Cc3cc(F)cc(Oc4cccc(Cl)c4)c3)CC2)n1. The third-order valence-electron chi connectivity index (χ3n) is 5.16. The van der Waals surface area contributed by atoms with Gasteiger partial charge in [-0.05, 0) is 42.0 Å². The molecule has 166 valence electrons. The van der Waals surface area contributed by atoms with E-state index in [2.05, 4.69) is 10.00 Å². The molecular weight excluding hydrogens is 435 g/mol. The van der Waals surface area contributed by atoms with Crippen LogP contribution in [0.2, 0.25) is 5.02 Å². The number of carbonyl (C=O) groups excluding carboxylic acids is 2. The molecule has 7 nitrogen and oxygen atoms in total. The molecule has 1 fully saturated rings. The maximum Gasteiger partial charge on any atom is 0.344 e. The van der Waals surface area contributed by atoms with Gasteiger partial charge >= 0.3 is 6.03 Å². The number of carbonyl (C=O) groups is 2. The Kier molecular flexibility index (Phi) is 6.53. The summed E-state index contributed by atoms with van der Waals surface area (Å²) in [5.41, 5.74) is 1.04. The second-order valence-electron chi connectivity index (χ2n) is 7.60. The molecule has 2 heterocycles. The number of piperazine rings is 1. The molecule has 1 aliphatic heterocycles. The third-order valence-corrected chi connectivity index (χ3v) is 5.39. The first-order chi connectivity index (χ1) is 15.4. The minimum Gasteiger partial charge on any atom is -0.457 e. The van der Waals surface area contributed by atoms with Crippen LogP contribution in [-0.4, -0.2) is 57.6 Å². The number of ether oxygens (including phenoxy) is 1. The number of ketones is 1. The maximum absolute atomic E-state index is 14.2. The van der Waals surface area contributed by atoms with Gasteiger partial charge in [-0.1, -0.05) is 17.7 Å². The summed E-state index contributed by atoms with van der Waals surface area (Å²) in [6, 6.07) is 12.8. The smallest absolute Gasteiger partial charge is 0.344 e. The Morgan fingerprint density at radius 3 is 2.53 bits per heavy atom. The van der Waals surface area contributed by atoms with Crippen LogP contribution in [0.1, 0.15) is 23.0 Å². The number of nitrogens with zero attached hydrogens (tertiary/aromatic N) is 4. The van der Waals surface area contributed by atoms with Gasteiger partial charge in [0.05, 0.1) is 0 Å². The lowest BCUT2D eigenvalue weighted by Gasteiger charge is -2.34. The average molecular weight is 457 g/mol. The summed E-state index contributed by atoms with van der Waals surface area (Å²) in [6.45, 7) is 4.22. The second kappa shape index (κ2) is 9.50. The van der Waals surface area contributed by atoms with Gasteiger partial charge in [0.15, 0.2) is 5.78 Å². The Labute approximate surface area is 189 Å². The minimum atomic E-state index is -0.381. The molecule has 0 N–H and O–H groups in total. The molecule has 9 heteroatoms. The lowest BCUT2D eigenvalue weighted by Crippen LogP contribution is -2.49. The molecule has 3 aromatic rings. The molecule has 0 radical (unpaired) electrons. The van der Waals surface area contributed by atoms with E-state index in [4.69, 9.17) is 16.3 Å². The molecule has 0 saturated carbocycles. The van der Waals surface area contributed by atoms with Crippen LogP contribution in [0.5, 0.6) is 11.5 Å². The molecule has 4 rings (SSSR count). The molecule has 0 bridgehead atoms. The Morgan fingerprint density at radius 2 is 1.84 bits per heavy atom. The van der Waals surface area contributed by atoms with Crippen LogP contribution in [0.15, 0.2) is 54.7 Å². The first kappa shape index (κ1) is 22.0. The van der Waals surface area contributed by atoms with Crippen LogP contribution in [0, 0.1) is 5.82 Å². The first-order valence-electron chi connectivity index (χ1n) is 10.2. The van der Waals surface area contributed by atoms with Crippen molar-refractivity contribution in [3.8, 4) is 11.5 Å². The normalized spacial score (nSPS) is 14.4. The van der Waals surface area contributed by atoms with Crippen molar-refractivity contribution < 1.29 is 18.7 Å². The van der Waals surface area contributed by atoms with Gasteiger partial charge < -0.3 is 9.64 Å². The number of halogens is 2. The zero-order valence-corrected chi connectivity index (χ0v) is 18.3. The average Bonchev–Trinajstić information content (AvgIpc) is 3.24. The van der Waals surface area contributed by atoms with Crippen molar-refractivity contribution in [1.82, 2.24) is 19.6 Å². The van der Waals surface area contributed by atoms with E-state index in [1.807, 2.05) is 0 Å². The van der Waals surface area contributed by atoms with E-state index in [0.29, 0.717) is 49.2 Å². The van der Waals surface area contributed by atoms with Crippen molar-refractivity contribution >= 4 is 23.4 Å². The number of Topliss-reactive ketones (excluding diaryl/α,β-unsaturated/α-hetero) is 1. The van der Waals surface area contributed by atoms with Crippen molar-refractivity contribution in [2.75, 3.05) is 26.2 Å². The third kappa shape index (κ3) is 5.33. The van der Waals surface area contributed by atoms with Crippen molar-refractivity contribution in [3.63, 3.8) is 0 Å². The molecule has 0 aliphatic carbocycles. The van der Waals surface area contributed by atoms with E-state index in [9.17, 15) is 14.0 Å². The predicted octanol–water partition coefficient (Wildman–Crippen LogP) is 4.46. The molecule has 0 atom stereocenters. The predicted molar refractivity (Wildman–Crippen MR) is 118 cm³/mol. The summed E-state index contributed by atoms with van der Waals surface area (Å²) in [5.74, 6) is 0.368. The van der Waals surface area contributed by atoms with E-state index < -0.39 is 0 Å². The summed E-state index contributed by atoms with van der Waals surface area (Å²) in [6.07, 6.45) is 1.50.